The van der Waals surface area contributed by atoms with Gasteiger partial charge in [0.1, 0.15) is 6.04 Å². The minimum absolute atomic E-state index is 0.422. The van der Waals surface area contributed by atoms with Crippen molar-refractivity contribution in [1.82, 2.24) is 4.90 Å². The van der Waals surface area contributed by atoms with Crippen LogP contribution in [0.2, 0.25) is 0 Å². The number of imide groups is 1. The smallest absolute Gasteiger partial charge is 0.329 e. The summed E-state index contributed by atoms with van der Waals surface area (Å²) in [5.74, 6) is -1.46. The summed E-state index contributed by atoms with van der Waals surface area (Å²) in [7, 11) is 1.24. The van der Waals surface area contributed by atoms with E-state index in [1.807, 2.05) is 6.92 Å². The van der Waals surface area contributed by atoms with E-state index in [9.17, 15) is 14.4 Å². The maximum atomic E-state index is 11.4. The Kier molecular flexibility index (Phi) is 3.60. The van der Waals surface area contributed by atoms with Crippen molar-refractivity contribution in [3.8, 4) is 0 Å². The molecule has 1 atom stereocenters. The average Bonchev–Trinajstić information content (AvgIpc) is 2.55. The van der Waals surface area contributed by atoms with Crippen LogP contribution in [0.5, 0.6) is 0 Å². The lowest BCUT2D eigenvalue weighted by Crippen LogP contribution is -2.45. The van der Waals surface area contributed by atoms with Crippen LogP contribution in [-0.4, -0.2) is 35.8 Å². The Hall–Kier alpha value is -1.65. The van der Waals surface area contributed by atoms with Crippen LogP contribution in [0.15, 0.2) is 12.2 Å². The summed E-state index contributed by atoms with van der Waals surface area (Å²) in [4.78, 5) is 35.0. The van der Waals surface area contributed by atoms with E-state index in [1.165, 1.54) is 7.11 Å². The van der Waals surface area contributed by atoms with E-state index in [1.54, 1.807) is 0 Å². The molecule has 0 saturated heterocycles. The van der Waals surface area contributed by atoms with Crippen molar-refractivity contribution in [3.05, 3.63) is 12.2 Å². The quantitative estimate of drug-likeness (QED) is 0.494. The first-order valence-corrected chi connectivity index (χ1v) is 4.74. The molecule has 0 aliphatic carbocycles. The Balaban J connectivity index is 2.84. The first kappa shape index (κ1) is 11.4. The molecule has 82 valence electrons. The molecule has 1 aliphatic rings. The summed E-state index contributed by atoms with van der Waals surface area (Å²) in [6.07, 6.45) is 3.44. The predicted octanol–water partition coefficient (Wildman–Crippen LogP) is 0.253. The van der Waals surface area contributed by atoms with Gasteiger partial charge in [0, 0.05) is 12.2 Å². The first-order chi connectivity index (χ1) is 7.11. The molecule has 1 aliphatic heterocycles. The highest BCUT2D eigenvalue weighted by molar-refractivity contribution is 6.14. The van der Waals surface area contributed by atoms with E-state index in [4.69, 9.17) is 0 Å². The van der Waals surface area contributed by atoms with E-state index in [2.05, 4.69) is 4.74 Å². The third-order valence-electron chi connectivity index (χ3n) is 2.19. The molecule has 1 unspecified atom stereocenters. The zero-order valence-electron chi connectivity index (χ0n) is 8.73. The van der Waals surface area contributed by atoms with Crippen molar-refractivity contribution >= 4 is 17.8 Å². The molecule has 5 nitrogen and oxygen atoms in total. The lowest BCUT2D eigenvalue weighted by molar-refractivity contribution is -0.155. The van der Waals surface area contributed by atoms with Crippen LogP contribution in [0.25, 0.3) is 0 Å². The molecule has 1 heterocycles. The monoisotopic (exact) mass is 211 g/mol. The summed E-state index contributed by atoms with van der Waals surface area (Å²) >= 11 is 0. The van der Waals surface area contributed by atoms with Crippen LogP contribution in [0.4, 0.5) is 0 Å². The molecule has 0 saturated carbocycles. The minimum atomic E-state index is -0.796. The van der Waals surface area contributed by atoms with Crippen molar-refractivity contribution in [2.75, 3.05) is 7.11 Å². The highest BCUT2D eigenvalue weighted by Crippen LogP contribution is 2.14. The Bertz CT molecular complexity index is 303. The molecule has 0 radical (unpaired) electrons. The van der Waals surface area contributed by atoms with Gasteiger partial charge in [0.2, 0.25) is 0 Å². The van der Waals surface area contributed by atoms with Crippen molar-refractivity contribution in [2.24, 2.45) is 0 Å². The molecule has 0 aromatic carbocycles. The fraction of sp³-hybridized carbons (Fsp3) is 0.500. The average molecular weight is 211 g/mol. The van der Waals surface area contributed by atoms with E-state index in [-0.39, 0.29) is 0 Å². The molecule has 0 bridgehead atoms. The van der Waals surface area contributed by atoms with Crippen molar-refractivity contribution in [1.29, 1.82) is 0 Å². The number of ether oxygens (including phenoxy) is 1. The molecule has 1 rings (SSSR count). The number of hydrogen-bond acceptors (Lipinski definition) is 4. The number of nitrogens with zero attached hydrogens (tertiary/aromatic N) is 1. The Morgan fingerprint density at radius 3 is 2.33 bits per heavy atom. The molecule has 0 N–H and O–H groups in total. The van der Waals surface area contributed by atoms with Crippen molar-refractivity contribution < 1.29 is 19.1 Å². The summed E-state index contributed by atoms with van der Waals surface area (Å²) in [5, 5.41) is 0. The lowest BCUT2D eigenvalue weighted by atomic mass is 10.1. The Morgan fingerprint density at radius 1 is 1.40 bits per heavy atom. The van der Waals surface area contributed by atoms with Gasteiger partial charge in [-0.3, -0.25) is 14.5 Å². The number of carbonyl (C=O) groups excluding carboxylic acids is 3. The summed E-state index contributed by atoms with van der Waals surface area (Å²) in [6.45, 7) is 1.87. The highest BCUT2D eigenvalue weighted by atomic mass is 16.5. The molecule has 0 spiro atoms. The van der Waals surface area contributed by atoms with Gasteiger partial charge in [0.25, 0.3) is 11.8 Å². The lowest BCUT2D eigenvalue weighted by Gasteiger charge is -2.23. The van der Waals surface area contributed by atoms with Crippen LogP contribution in [0.3, 0.4) is 0 Å². The molecular weight excluding hydrogens is 198 g/mol. The Labute approximate surface area is 87.7 Å². The van der Waals surface area contributed by atoms with Crippen LogP contribution in [-0.2, 0) is 19.1 Å². The largest absolute Gasteiger partial charge is 0.467 e. The second-order valence-corrected chi connectivity index (χ2v) is 3.21. The maximum Gasteiger partial charge on any atom is 0.329 e. The molecule has 0 aromatic rings. The molecule has 15 heavy (non-hydrogen) atoms. The SMILES string of the molecule is CCCC(C(=O)OC)N1C(=O)C=CC1=O. The topological polar surface area (TPSA) is 63.7 Å². The van der Waals surface area contributed by atoms with Gasteiger partial charge in [-0.1, -0.05) is 13.3 Å². The highest BCUT2D eigenvalue weighted by Gasteiger charge is 2.35. The van der Waals surface area contributed by atoms with Crippen LogP contribution in [0, 0.1) is 0 Å². The fourth-order valence-corrected chi connectivity index (χ4v) is 1.48. The number of esters is 1. The molecule has 5 heteroatoms. The fourth-order valence-electron chi connectivity index (χ4n) is 1.48. The van der Waals surface area contributed by atoms with E-state index in [0.717, 1.165) is 17.1 Å². The van der Waals surface area contributed by atoms with Crippen LogP contribution >= 0.6 is 0 Å². The number of hydrogen-bond donors (Lipinski definition) is 0. The Morgan fingerprint density at radius 2 is 1.93 bits per heavy atom. The molecular formula is C10H13NO4. The molecule has 0 fully saturated rings. The molecule has 0 aromatic heterocycles. The van der Waals surface area contributed by atoms with E-state index in [0.29, 0.717) is 12.8 Å². The standard InChI is InChI=1S/C10H13NO4/c1-3-4-7(10(14)15-2)11-8(12)5-6-9(11)13/h5-7H,3-4H2,1-2H3. The van der Waals surface area contributed by atoms with Gasteiger partial charge in [0.15, 0.2) is 0 Å². The number of carbonyl (C=O) groups is 3. The number of amides is 2. The number of rotatable bonds is 4. The second-order valence-electron chi connectivity index (χ2n) is 3.21. The van der Waals surface area contributed by atoms with Gasteiger partial charge in [-0.2, -0.15) is 0 Å². The van der Waals surface area contributed by atoms with E-state index >= 15 is 0 Å². The zero-order chi connectivity index (χ0) is 11.4. The predicted molar refractivity (Wildman–Crippen MR) is 51.7 cm³/mol. The second kappa shape index (κ2) is 4.72. The van der Waals surface area contributed by atoms with Crippen LogP contribution in [0.1, 0.15) is 19.8 Å². The van der Waals surface area contributed by atoms with Gasteiger partial charge in [-0.05, 0) is 6.42 Å². The number of methoxy groups -OCH3 is 1. The van der Waals surface area contributed by atoms with Crippen molar-refractivity contribution in [2.45, 2.75) is 25.8 Å². The summed E-state index contributed by atoms with van der Waals surface area (Å²) in [5.41, 5.74) is 0. The van der Waals surface area contributed by atoms with Crippen molar-refractivity contribution in [3.63, 3.8) is 0 Å². The van der Waals surface area contributed by atoms with Gasteiger partial charge >= 0.3 is 5.97 Å². The minimum Gasteiger partial charge on any atom is -0.467 e. The third-order valence-corrected chi connectivity index (χ3v) is 2.19. The molecule has 2 amide bonds. The zero-order valence-corrected chi connectivity index (χ0v) is 8.73. The van der Waals surface area contributed by atoms with Crippen LogP contribution < -0.4 is 0 Å². The van der Waals surface area contributed by atoms with Gasteiger partial charge in [0.05, 0.1) is 7.11 Å². The third kappa shape index (κ3) is 2.23. The normalized spacial score (nSPS) is 17.1. The van der Waals surface area contributed by atoms with Gasteiger partial charge in [-0.15, -0.1) is 0 Å². The maximum absolute atomic E-state index is 11.4. The summed E-state index contributed by atoms with van der Waals surface area (Å²) in [6, 6.07) is -0.796. The van der Waals surface area contributed by atoms with Gasteiger partial charge < -0.3 is 4.74 Å². The summed E-state index contributed by atoms with van der Waals surface area (Å²) < 4.78 is 4.56. The first-order valence-electron chi connectivity index (χ1n) is 4.74. The van der Waals surface area contributed by atoms with Gasteiger partial charge in [-0.25, -0.2) is 4.79 Å². The van der Waals surface area contributed by atoms with E-state index < -0.39 is 23.8 Å².